The Kier molecular flexibility index (Phi) is 16.0. The molecule has 1 heterocycles. The molecule has 0 aliphatic heterocycles. The number of methoxy groups -OCH3 is 2. The number of halogens is 1. The number of imidazole rings is 1. The summed E-state index contributed by atoms with van der Waals surface area (Å²) in [6, 6.07) is 14.8. The molecule has 0 aliphatic rings. The molecule has 15 heteroatoms. The van der Waals surface area contributed by atoms with Crippen LogP contribution in [-0.4, -0.2) is 58.4 Å². The lowest BCUT2D eigenvalue weighted by molar-refractivity contribution is -0.123. The number of nitrogens with zero attached hydrogens (tertiary/aromatic N) is 1. The molecule has 3 aromatic carbocycles. The molecule has 0 saturated carbocycles. The summed E-state index contributed by atoms with van der Waals surface area (Å²) < 4.78 is 9.11. The zero-order valence-electron chi connectivity index (χ0n) is 32.1. The first-order valence-electron chi connectivity index (χ1n) is 16.2. The van der Waals surface area contributed by atoms with Crippen LogP contribution < -0.4 is 22.5 Å². The molecule has 53 heavy (non-hydrogen) atoms. The molecule has 4 rings (SSSR count). The number of ether oxygens (including phenoxy) is 2. The van der Waals surface area contributed by atoms with Gasteiger partial charge < -0.3 is 42.1 Å². The minimum Gasteiger partial charge on any atom is -0.478 e. The van der Waals surface area contributed by atoms with Gasteiger partial charge in [0.05, 0.1) is 59.2 Å². The highest BCUT2D eigenvalue weighted by molar-refractivity contribution is 6.64. The Morgan fingerprint density at radius 3 is 1.60 bits per heavy atom. The molecule has 288 valence electrons. The van der Waals surface area contributed by atoms with E-state index in [9.17, 15) is 24.0 Å². The normalized spacial score (nSPS) is 10.9. The minimum atomic E-state index is -0.947. The molecule has 14 nitrogen and oxygen atoms in total. The van der Waals surface area contributed by atoms with E-state index in [-0.39, 0.29) is 44.5 Å². The third kappa shape index (κ3) is 13.5. The zero-order chi connectivity index (χ0) is 41.1. The fourth-order valence-corrected chi connectivity index (χ4v) is 3.70. The Morgan fingerprint density at radius 2 is 1.17 bits per heavy atom. The molecule has 4 aromatic rings. The second-order valence-corrected chi connectivity index (χ2v) is 15.0. The molecule has 0 bridgehead atoms. The van der Waals surface area contributed by atoms with E-state index < -0.39 is 23.3 Å². The third-order valence-electron chi connectivity index (χ3n) is 7.03. The Labute approximate surface area is 314 Å². The van der Waals surface area contributed by atoms with Crippen molar-refractivity contribution in [3.63, 3.8) is 0 Å². The van der Waals surface area contributed by atoms with Crippen LogP contribution in [0.15, 0.2) is 54.6 Å². The van der Waals surface area contributed by atoms with Crippen LogP contribution in [0.1, 0.15) is 99.2 Å². The SMILES string of the molecule is CC(C)(C)C(=O)Cl.CC(C)(C)c1nc2c(C(=O)O)cccc2[nH]1.COC(=O)c1cccc(N)c1N.COC(=O)c1cccc(NC(=O)C(C)(C)C)c1N. The number of carbonyl (C=O) groups is 5. The summed E-state index contributed by atoms with van der Waals surface area (Å²) in [6.07, 6.45) is 0. The largest absolute Gasteiger partial charge is 0.478 e. The Hall–Kier alpha value is -5.63. The van der Waals surface area contributed by atoms with Crippen molar-refractivity contribution in [2.75, 3.05) is 36.7 Å². The van der Waals surface area contributed by atoms with E-state index in [2.05, 4.69) is 24.8 Å². The first-order chi connectivity index (χ1) is 24.3. The first-order valence-corrected chi connectivity index (χ1v) is 16.6. The van der Waals surface area contributed by atoms with Crippen LogP contribution in [0.25, 0.3) is 11.0 Å². The summed E-state index contributed by atoms with van der Waals surface area (Å²) in [7, 11) is 2.58. The first kappa shape index (κ1) is 45.4. The molecule has 0 aliphatic carbocycles. The number of carboxylic acid groups (broad SMARTS) is 1. The number of nitrogen functional groups attached to an aromatic ring is 3. The molecule has 0 fully saturated rings. The van der Waals surface area contributed by atoms with E-state index in [0.717, 1.165) is 11.3 Å². The molecule has 9 N–H and O–H groups in total. The molecule has 1 amide bonds. The summed E-state index contributed by atoms with van der Waals surface area (Å²) in [4.78, 5) is 63.1. The second-order valence-electron chi connectivity index (χ2n) is 14.6. The summed E-state index contributed by atoms with van der Waals surface area (Å²) in [5.74, 6) is -1.32. The number of H-pyrrole nitrogens is 1. The number of amides is 1. The number of nitrogens with one attached hydrogen (secondary N) is 2. The lowest BCUT2D eigenvalue weighted by atomic mass is 9.95. The average Bonchev–Trinajstić information content (AvgIpc) is 3.52. The highest BCUT2D eigenvalue weighted by Gasteiger charge is 2.23. The monoisotopic (exact) mass is 754 g/mol. The molecule has 0 unspecified atom stereocenters. The van der Waals surface area contributed by atoms with Crippen molar-refractivity contribution in [1.82, 2.24) is 9.97 Å². The smallest absolute Gasteiger partial charge is 0.340 e. The maximum Gasteiger partial charge on any atom is 0.340 e. The highest BCUT2D eigenvalue weighted by Crippen LogP contribution is 2.27. The molecule has 0 saturated heterocycles. The van der Waals surface area contributed by atoms with Crippen molar-refractivity contribution in [1.29, 1.82) is 0 Å². The van der Waals surface area contributed by atoms with Crippen LogP contribution in [0.2, 0.25) is 0 Å². The Balaban J connectivity index is 0.000000370. The maximum atomic E-state index is 11.9. The van der Waals surface area contributed by atoms with Crippen LogP contribution in [0, 0.1) is 10.8 Å². The highest BCUT2D eigenvalue weighted by atomic mass is 35.5. The zero-order valence-corrected chi connectivity index (χ0v) is 32.8. The van der Waals surface area contributed by atoms with E-state index in [1.165, 1.54) is 14.2 Å². The Bertz CT molecular complexity index is 1940. The van der Waals surface area contributed by atoms with Crippen molar-refractivity contribution in [2.45, 2.75) is 67.7 Å². The number of aromatic carboxylic acids is 1. The van der Waals surface area contributed by atoms with E-state index in [0.29, 0.717) is 22.5 Å². The van der Waals surface area contributed by atoms with Gasteiger partial charge in [0.15, 0.2) is 0 Å². The summed E-state index contributed by atoms with van der Waals surface area (Å²) >= 11 is 5.11. The van der Waals surface area contributed by atoms with Gasteiger partial charge >= 0.3 is 17.9 Å². The van der Waals surface area contributed by atoms with Crippen LogP contribution in [0.5, 0.6) is 0 Å². The standard InChI is InChI=1S/C13H18N2O3.C12H14N2O2.C8H10N2O2.C5H9ClO/c1-13(2,3)12(17)15-9-7-5-6-8(10(9)14)11(16)18-4;1-12(2,3)11-13-8-6-4-5-7(10(15)16)9(8)14-11;1-12-8(11)5-3-2-4-6(9)7(5)10;1-5(2,3)4(6)7/h5-7H,14H2,1-4H3,(H,15,17);4-6H,1-3H3,(H,13,14)(H,15,16);2-4H,9-10H2,1H3;1-3H3. The lowest BCUT2D eigenvalue weighted by Gasteiger charge is -2.19. The number of carbonyl (C=O) groups excluding carboxylic acids is 4. The van der Waals surface area contributed by atoms with Crippen LogP contribution >= 0.6 is 11.6 Å². The van der Waals surface area contributed by atoms with Crippen molar-refractivity contribution < 1.29 is 38.6 Å². The van der Waals surface area contributed by atoms with Gasteiger partial charge in [0.1, 0.15) is 11.3 Å². The number of aromatic nitrogens is 2. The van der Waals surface area contributed by atoms with Gasteiger partial charge in [-0.2, -0.15) is 0 Å². The molecule has 1 aromatic heterocycles. The van der Waals surface area contributed by atoms with Crippen molar-refractivity contribution in [3.05, 3.63) is 77.1 Å². The number of carboxylic acids is 1. The van der Waals surface area contributed by atoms with Crippen molar-refractivity contribution in [3.8, 4) is 0 Å². The van der Waals surface area contributed by atoms with E-state index in [4.69, 9.17) is 33.9 Å². The summed E-state index contributed by atoms with van der Waals surface area (Å²) in [5, 5.41) is 11.5. The second kappa shape index (κ2) is 18.7. The number of rotatable bonds is 4. The molecule has 0 spiro atoms. The number of nitrogens with two attached hydrogens (primary N) is 3. The van der Waals surface area contributed by atoms with Gasteiger partial charge in [-0.3, -0.25) is 9.59 Å². The van der Waals surface area contributed by atoms with Gasteiger partial charge in [0, 0.05) is 16.2 Å². The van der Waals surface area contributed by atoms with Gasteiger partial charge in [-0.15, -0.1) is 0 Å². The van der Waals surface area contributed by atoms with Crippen LogP contribution in [0.4, 0.5) is 22.7 Å². The summed E-state index contributed by atoms with van der Waals surface area (Å²) in [5.41, 5.74) is 19.2. The van der Waals surface area contributed by atoms with Crippen LogP contribution in [0.3, 0.4) is 0 Å². The third-order valence-corrected chi connectivity index (χ3v) is 7.60. The fraction of sp³-hybridized carbons (Fsp3) is 0.368. The number of fused-ring (bicyclic) bond motifs is 1. The number of aromatic amines is 1. The topological polar surface area (TPSA) is 243 Å². The average molecular weight is 755 g/mol. The number of hydrogen-bond donors (Lipinski definition) is 6. The fourth-order valence-electron chi connectivity index (χ4n) is 3.70. The van der Waals surface area contributed by atoms with Crippen LogP contribution in [-0.2, 0) is 24.5 Å². The lowest BCUT2D eigenvalue weighted by Crippen LogP contribution is -2.28. The van der Waals surface area contributed by atoms with Crippen molar-refractivity contribution >= 4 is 74.4 Å². The molecule has 0 atom stereocenters. The number of hydrogen-bond acceptors (Lipinski definition) is 11. The van der Waals surface area contributed by atoms with E-state index in [1.807, 2.05) is 26.8 Å². The maximum absolute atomic E-state index is 11.9. The molecular weight excluding hydrogens is 704 g/mol. The molecular formula is C38H51ClN6O8. The number of benzene rings is 3. The predicted octanol–water partition coefficient (Wildman–Crippen LogP) is 7.03. The minimum absolute atomic E-state index is 0.116. The van der Waals surface area contributed by atoms with E-state index in [1.54, 1.807) is 90.1 Å². The van der Waals surface area contributed by atoms with E-state index >= 15 is 0 Å². The number of esters is 2. The quantitative estimate of drug-likeness (QED) is 0.0698. The predicted molar refractivity (Wildman–Crippen MR) is 209 cm³/mol. The van der Waals surface area contributed by atoms with Gasteiger partial charge in [0.25, 0.3) is 0 Å². The van der Waals surface area contributed by atoms with Gasteiger partial charge in [0.2, 0.25) is 11.1 Å². The van der Waals surface area contributed by atoms with Crippen molar-refractivity contribution in [2.24, 2.45) is 10.8 Å². The molecule has 0 radical (unpaired) electrons. The van der Waals surface area contributed by atoms with Gasteiger partial charge in [-0.1, -0.05) is 80.5 Å². The Morgan fingerprint density at radius 1 is 0.717 bits per heavy atom. The van der Waals surface area contributed by atoms with Gasteiger partial charge in [-0.05, 0) is 48.0 Å². The number of para-hydroxylation sites is 3. The summed E-state index contributed by atoms with van der Waals surface area (Å²) in [6.45, 7) is 16.8. The number of anilines is 4. The van der Waals surface area contributed by atoms with Gasteiger partial charge in [-0.25, -0.2) is 19.4 Å².